The van der Waals surface area contributed by atoms with Gasteiger partial charge in [-0.15, -0.1) is 9.79 Å². The number of nitrogens with two attached hydrogens (primary N) is 3. The van der Waals surface area contributed by atoms with Crippen molar-refractivity contribution < 1.29 is 17.1 Å². The van der Waals surface area contributed by atoms with Crippen molar-refractivity contribution in [2.24, 2.45) is 27.3 Å². The van der Waals surface area contributed by atoms with Crippen molar-refractivity contribution in [1.82, 2.24) is 0 Å². The molecule has 0 unspecified atom stereocenters. The maximum atomic E-state index is 5.71. The van der Waals surface area contributed by atoms with Gasteiger partial charge in [0.2, 0.25) is 0 Å². The Balaban J connectivity index is 0.00000196. The number of nitrogens with zero attached hydrogens (tertiary/aromatic N) is 3. The van der Waals surface area contributed by atoms with Crippen molar-refractivity contribution in [2.45, 2.75) is 32.7 Å². The van der Waals surface area contributed by atoms with Gasteiger partial charge in [0, 0.05) is 6.42 Å². The Morgan fingerprint density at radius 2 is 1.93 bits per heavy atom. The minimum atomic E-state index is -0.160. The molecule has 0 aliphatic carbocycles. The fourth-order valence-electron chi connectivity index (χ4n) is 1.58. The predicted molar refractivity (Wildman–Crippen MR) is 57.1 cm³/mol. The van der Waals surface area contributed by atoms with Crippen LogP contribution in [0.4, 0.5) is 0 Å². The third kappa shape index (κ3) is 3.09. The molecule has 0 amide bonds. The van der Waals surface area contributed by atoms with Crippen LogP contribution in [0.3, 0.4) is 0 Å². The van der Waals surface area contributed by atoms with Crippen LogP contribution in [0.15, 0.2) is 10.1 Å². The second kappa shape index (κ2) is 4.48. The minimum Gasteiger partial charge on any atom is -1.00 e. The lowest BCUT2D eigenvalue weighted by Crippen LogP contribution is -3.00. The largest absolute Gasteiger partial charge is 1.00 e. The van der Waals surface area contributed by atoms with Gasteiger partial charge in [-0.1, -0.05) is 0 Å². The summed E-state index contributed by atoms with van der Waals surface area (Å²) in [5, 5.41) is 4.26. The molecule has 0 spiro atoms. The monoisotopic (exact) mass is 232 g/mol. The standard InChI is InChI=1S/C8H16N6.ClH/c1-5-4-8(2,3)14(13-5)7(11)12-6(9)10;/h4H2,1-3H3,(H5,9,10,11,12);1H. The minimum absolute atomic E-state index is 0. The molecule has 86 valence electrons. The van der Waals surface area contributed by atoms with Crippen molar-refractivity contribution in [3.05, 3.63) is 0 Å². The summed E-state index contributed by atoms with van der Waals surface area (Å²) in [5.74, 6) is 0.171. The predicted octanol–water partition coefficient (Wildman–Crippen LogP) is -3.85. The zero-order valence-electron chi connectivity index (χ0n) is 9.16. The number of hydrogen-bond acceptors (Lipinski definition) is 1. The SMILES string of the molecule is CC1=N/[N+](=C(\N)N=C(N)N)C(C)(C)C1.[Cl-]. The summed E-state index contributed by atoms with van der Waals surface area (Å²) >= 11 is 0. The van der Waals surface area contributed by atoms with Gasteiger partial charge < -0.3 is 23.9 Å². The zero-order valence-corrected chi connectivity index (χ0v) is 9.91. The van der Waals surface area contributed by atoms with E-state index in [1.54, 1.807) is 4.68 Å². The van der Waals surface area contributed by atoms with Gasteiger partial charge in [0.05, 0.1) is 5.71 Å². The molecule has 0 aromatic carbocycles. The van der Waals surface area contributed by atoms with Gasteiger partial charge >= 0.3 is 5.96 Å². The van der Waals surface area contributed by atoms with Gasteiger partial charge in [-0.3, -0.25) is 5.73 Å². The van der Waals surface area contributed by atoms with Crippen LogP contribution >= 0.6 is 0 Å². The van der Waals surface area contributed by atoms with E-state index in [1.807, 2.05) is 20.8 Å². The molecule has 0 aromatic heterocycles. The molecule has 1 aliphatic rings. The van der Waals surface area contributed by atoms with Crippen LogP contribution in [0, 0.1) is 0 Å². The topological polar surface area (TPSA) is 106 Å². The summed E-state index contributed by atoms with van der Waals surface area (Å²) in [4.78, 5) is 3.77. The summed E-state index contributed by atoms with van der Waals surface area (Å²) in [5.41, 5.74) is 17.0. The molecule has 1 heterocycles. The lowest BCUT2D eigenvalue weighted by atomic mass is 10.0. The number of halogens is 1. The first kappa shape index (κ1) is 13.7. The van der Waals surface area contributed by atoms with Crippen molar-refractivity contribution >= 4 is 17.6 Å². The second-order valence-electron chi connectivity index (χ2n) is 4.03. The Morgan fingerprint density at radius 1 is 1.40 bits per heavy atom. The molecule has 0 atom stereocenters. The van der Waals surface area contributed by atoms with E-state index in [0.29, 0.717) is 0 Å². The van der Waals surface area contributed by atoms with E-state index in [4.69, 9.17) is 17.2 Å². The quantitative estimate of drug-likeness (QED) is 0.226. The summed E-state index contributed by atoms with van der Waals surface area (Å²) in [6, 6.07) is 0. The van der Waals surface area contributed by atoms with E-state index in [0.717, 1.165) is 12.1 Å². The van der Waals surface area contributed by atoms with Crippen LogP contribution in [0.5, 0.6) is 0 Å². The first-order valence-electron chi connectivity index (χ1n) is 4.39. The Labute approximate surface area is 95.3 Å². The van der Waals surface area contributed by atoms with Crippen LogP contribution in [0.2, 0.25) is 0 Å². The maximum absolute atomic E-state index is 5.71. The molecule has 15 heavy (non-hydrogen) atoms. The first-order chi connectivity index (χ1) is 6.33. The lowest BCUT2D eigenvalue weighted by Gasteiger charge is -2.15. The third-order valence-corrected chi connectivity index (χ3v) is 1.99. The Hall–Kier alpha value is -1.30. The molecule has 6 nitrogen and oxygen atoms in total. The highest BCUT2D eigenvalue weighted by molar-refractivity contribution is 5.91. The Bertz CT molecular complexity index is 337. The molecule has 6 N–H and O–H groups in total. The van der Waals surface area contributed by atoms with E-state index >= 15 is 0 Å². The third-order valence-electron chi connectivity index (χ3n) is 1.99. The Kier molecular flexibility index (Phi) is 4.09. The van der Waals surface area contributed by atoms with E-state index in [2.05, 4.69) is 10.1 Å². The normalized spacial score (nSPS) is 21.4. The van der Waals surface area contributed by atoms with Crippen LogP contribution in [0.1, 0.15) is 27.2 Å². The number of aliphatic imine (C=N–C) groups is 1. The summed E-state index contributed by atoms with van der Waals surface area (Å²) < 4.78 is 1.64. The van der Waals surface area contributed by atoms with Crippen molar-refractivity contribution in [3.63, 3.8) is 0 Å². The molecule has 0 saturated carbocycles. The number of hydrogen-bond donors (Lipinski definition) is 3. The van der Waals surface area contributed by atoms with E-state index in [1.165, 1.54) is 0 Å². The van der Waals surface area contributed by atoms with Gasteiger partial charge in [0.1, 0.15) is 5.54 Å². The summed E-state index contributed by atoms with van der Waals surface area (Å²) in [6.07, 6.45) is 0.855. The molecule has 0 bridgehead atoms. The van der Waals surface area contributed by atoms with Gasteiger partial charge in [-0.05, 0) is 25.8 Å². The molecule has 1 rings (SSSR count). The maximum Gasteiger partial charge on any atom is 0.412 e. The number of rotatable bonds is 0. The fourth-order valence-corrected chi connectivity index (χ4v) is 1.58. The van der Waals surface area contributed by atoms with Crippen LogP contribution in [-0.4, -0.2) is 27.9 Å². The van der Waals surface area contributed by atoms with E-state index in [9.17, 15) is 0 Å². The summed E-state index contributed by atoms with van der Waals surface area (Å²) in [6.45, 7) is 6.01. The van der Waals surface area contributed by atoms with E-state index < -0.39 is 0 Å². The molecule has 0 saturated heterocycles. The van der Waals surface area contributed by atoms with E-state index in [-0.39, 0.29) is 29.9 Å². The van der Waals surface area contributed by atoms with Crippen molar-refractivity contribution in [2.75, 3.05) is 0 Å². The average molecular weight is 233 g/mol. The second-order valence-corrected chi connectivity index (χ2v) is 4.03. The molecule has 7 heteroatoms. The molecular formula is C8H17ClN6. The fraction of sp³-hybridized carbons (Fsp3) is 0.625. The lowest BCUT2D eigenvalue weighted by molar-refractivity contribution is -0.597. The molecular weight excluding hydrogens is 216 g/mol. The van der Waals surface area contributed by atoms with Gasteiger partial charge in [-0.25, -0.2) is 0 Å². The molecule has 0 aromatic rings. The number of guanidine groups is 2. The molecule has 1 aliphatic heterocycles. The number of hydrazone groups is 1. The zero-order chi connectivity index (χ0) is 10.9. The van der Waals surface area contributed by atoms with Crippen molar-refractivity contribution in [3.8, 4) is 0 Å². The average Bonchev–Trinajstić information content (AvgIpc) is 2.22. The molecule has 0 radical (unpaired) electrons. The van der Waals surface area contributed by atoms with Gasteiger partial charge in [0.15, 0.2) is 0 Å². The highest BCUT2D eigenvalue weighted by Crippen LogP contribution is 2.22. The van der Waals surface area contributed by atoms with Crippen LogP contribution < -0.4 is 29.6 Å². The van der Waals surface area contributed by atoms with Crippen LogP contribution in [0.25, 0.3) is 0 Å². The highest BCUT2D eigenvalue weighted by Gasteiger charge is 2.35. The van der Waals surface area contributed by atoms with Crippen LogP contribution in [-0.2, 0) is 0 Å². The first-order valence-corrected chi connectivity index (χ1v) is 4.39. The molecule has 0 fully saturated rings. The highest BCUT2D eigenvalue weighted by atomic mass is 35.5. The summed E-state index contributed by atoms with van der Waals surface area (Å²) in [7, 11) is 0. The van der Waals surface area contributed by atoms with Gasteiger partial charge in [-0.2, -0.15) is 0 Å². The Morgan fingerprint density at radius 3 is 2.27 bits per heavy atom. The smallest absolute Gasteiger partial charge is 0.412 e. The van der Waals surface area contributed by atoms with Gasteiger partial charge in [0.25, 0.3) is 5.96 Å². The van der Waals surface area contributed by atoms with Crippen molar-refractivity contribution in [1.29, 1.82) is 0 Å².